The van der Waals surface area contributed by atoms with Crippen LogP contribution in [-0.2, 0) is 17.6 Å². The van der Waals surface area contributed by atoms with Crippen molar-refractivity contribution in [2.75, 3.05) is 6.54 Å². The summed E-state index contributed by atoms with van der Waals surface area (Å²) in [6, 6.07) is 14.0. The normalized spacial score (nSPS) is 11.0. The Kier molecular flexibility index (Phi) is 4.98. The quantitative estimate of drug-likeness (QED) is 0.536. The Morgan fingerprint density at radius 1 is 1.19 bits per heavy atom. The van der Waals surface area contributed by atoms with Crippen LogP contribution in [0.1, 0.15) is 16.1 Å². The minimum absolute atomic E-state index is 0.0224. The summed E-state index contributed by atoms with van der Waals surface area (Å²) in [4.78, 5) is 25.5. The van der Waals surface area contributed by atoms with Gasteiger partial charge in [0.2, 0.25) is 5.91 Å². The Hall–Kier alpha value is -2.99. The molecule has 1 aromatic carbocycles. The van der Waals surface area contributed by atoms with Crippen molar-refractivity contribution in [1.29, 1.82) is 0 Å². The molecule has 5 nitrogen and oxygen atoms in total. The highest BCUT2D eigenvalue weighted by Gasteiger charge is 2.13. The van der Waals surface area contributed by atoms with E-state index in [4.69, 9.17) is 0 Å². The second-order valence-electron chi connectivity index (χ2n) is 6.38. The fourth-order valence-corrected chi connectivity index (χ4v) is 4.11. The molecule has 1 amide bonds. The number of para-hydroxylation sites is 1. The smallest absolute Gasteiger partial charge is 0.225 e. The van der Waals surface area contributed by atoms with Gasteiger partial charge in [-0.05, 0) is 37.1 Å². The number of aryl methyl sites for hydroxylation is 1. The lowest BCUT2D eigenvalue weighted by atomic mass is 10.1. The number of hydrogen-bond donors (Lipinski definition) is 2. The summed E-state index contributed by atoms with van der Waals surface area (Å²) in [5.41, 5.74) is 4.09. The van der Waals surface area contributed by atoms with Gasteiger partial charge in [0.05, 0.1) is 17.8 Å². The Balaban J connectivity index is 1.35. The van der Waals surface area contributed by atoms with Crippen molar-refractivity contribution in [3.05, 3.63) is 71.0 Å². The summed E-state index contributed by atoms with van der Waals surface area (Å²) < 4.78 is 0. The number of fused-ring (bicyclic) bond motifs is 1. The van der Waals surface area contributed by atoms with Crippen LogP contribution in [0.25, 0.3) is 21.6 Å². The van der Waals surface area contributed by atoms with Gasteiger partial charge in [-0.25, -0.2) is 4.98 Å². The van der Waals surface area contributed by atoms with Crippen molar-refractivity contribution in [2.45, 2.75) is 19.8 Å². The standard InChI is InChI=1S/C21H20N4OS/c1-14-19(27-21(25-14)18-8-4-5-10-22-18)12-20(26)23-11-9-15-13-24-17-7-3-2-6-16(15)17/h2-8,10,13,24H,9,11-12H2,1H3,(H,23,26). The van der Waals surface area contributed by atoms with Crippen molar-refractivity contribution >= 4 is 28.1 Å². The molecular formula is C21H20N4OS. The molecule has 136 valence electrons. The van der Waals surface area contributed by atoms with E-state index in [1.54, 1.807) is 6.20 Å². The molecule has 0 saturated heterocycles. The van der Waals surface area contributed by atoms with Gasteiger partial charge in [-0.3, -0.25) is 9.78 Å². The van der Waals surface area contributed by atoms with Gasteiger partial charge in [-0.1, -0.05) is 24.3 Å². The second kappa shape index (κ2) is 7.72. The molecule has 0 aliphatic carbocycles. The molecule has 0 radical (unpaired) electrons. The van der Waals surface area contributed by atoms with E-state index in [-0.39, 0.29) is 5.91 Å². The van der Waals surface area contributed by atoms with E-state index < -0.39 is 0 Å². The minimum atomic E-state index is 0.0224. The molecule has 0 atom stereocenters. The molecule has 0 unspecified atom stereocenters. The maximum Gasteiger partial charge on any atom is 0.225 e. The molecule has 0 aliphatic heterocycles. The number of aromatic amines is 1. The Labute approximate surface area is 161 Å². The first kappa shape index (κ1) is 17.4. The van der Waals surface area contributed by atoms with Crippen LogP contribution in [0.2, 0.25) is 0 Å². The molecule has 2 N–H and O–H groups in total. The minimum Gasteiger partial charge on any atom is -0.361 e. The number of carbonyl (C=O) groups is 1. The number of carbonyl (C=O) groups excluding carboxylic acids is 1. The number of rotatable bonds is 6. The molecule has 3 aromatic heterocycles. The summed E-state index contributed by atoms with van der Waals surface area (Å²) in [6.45, 7) is 2.56. The van der Waals surface area contributed by atoms with Gasteiger partial charge in [0, 0.05) is 34.7 Å². The molecular weight excluding hydrogens is 356 g/mol. The number of pyridine rings is 1. The number of aromatic nitrogens is 3. The van der Waals surface area contributed by atoms with Crippen LogP contribution in [0.15, 0.2) is 54.9 Å². The Morgan fingerprint density at radius 2 is 2.04 bits per heavy atom. The monoisotopic (exact) mass is 376 g/mol. The van der Waals surface area contributed by atoms with Crippen LogP contribution < -0.4 is 5.32 Å². The highest BCUT2D eigenvalue weighted by atomic mass is 32.1. The molecule has 3 heterocycles. The molecule has 0 fully saturated rings. The van der Waals surface area contributed by atoms with E-state index >= 15 is 0 Å². The average molecular weight is 376 g/mol. The van der Waals surface area contributed by atoms with E-state index in [0.717, 1.165) is 33.2 Å². The number of nitrogens with one attached hydrogen (secondary N) is 2. The molecule has 6 heteroatoms. The van der Waals surface area contributed by atoms with Crippen LogP contribution >= 0.6 is 11.3 Å². The van der Waals surface area contributed by atoms with Crippen molar-refractivity contribution in [3.63, 3.8) is 0 Å². The fourth-order valence-electron chi connectivity index (χ4n) is 3.07. The summed E-state index contributed by atoms with van der Waals surface area (Å²) in [7, 11) is 0. The van der Waals surface area contributed by atoms with Gasteiger partial charge in [0.25, 0.3) is 0 Å². The lowest BCUT2D eigenvalue weighted by Gasteiger charge is -2.04. The van der Waals surface area contributed by atoms with E-state index in [1.807, 2.05) is 43.5 Å². The Morgan fingerprint density at radius 3 is 2.89 bits per heavy atom. The molecule has 4 rings (SSSR count). The highest BCUT2D eigenvalue weighted by Crippen LogP contribution is 2.26. The number of H-pyrrole nitrogens is 1. The third-order valence-electron chi connectivity index (χ3n) is 4.49. The molecule has 0 spiro atoms. The second-order valence-corrected chi connectivity index (χ2v) is 7.46. The largest absolute Gasteiger partial charge is 0.361 e. The molecule has 0 bridgehead atoms. The predicted octanol–water partition coefficient (Wildman–Crippen LogP) is 3.90. The number of thiazole rings is 1. The van der Waals surface area contributed by atoms with Gasteiger partial charge >= 0.3 is 0 Å². The third-order valence-corrected chi connectivity index (χ3v) is 5.67. The first-order chi connectivity index (χ1) is 13.2. The zero-order chi connectivity index (χ0) is 18.6. The Bertz CT molecular complexity index is 1070. The topological polar surface area (TPSA) is 70.7 Å². The van der Waals surface area contributed by atoms with E-state index in [2.05, 4.69) is 32.4 Å². The van der Waals surface area contributed by atoms with E-state index in [1.165, 1.54) is 22.3 Å². The van der Waals surface area contributed by atoms with E-state index in [0.29, 0.717) is 13.0 Å². The van der Waals surface area contributed by atoms with Crippen LogP contribution in [-0.4, -0.2) is 27.4 Å². The maximum atomic E-state index is 12.3. The number of nitrogens with zero attached hydrogens (tertiary/aromatic N) is 2. The van der Waals surface area contributed by atoms with Gasteiger partial charge in [-0.2, -0.15) is 0 Å². The summed E-state index contributed by atoms with van der Waals surface area (Å²) >= 11 is 1.53. The van der Waals surface area contributed by atoms with Crippen molar-refractivity contribution in [1.82, 2.24) is 20.3 Å². The molecule has 0 saturated carbocycles. The fraction of sp³-hybridized carbons (Fsp3) is 0.190. The lowest BCUT2D eigenvalue weighted by molar-refractivity contribution is -0.120. The highest BCUT2D eigenvalue weighted by molar-refractivity contribution is 7.15. The zero-order valence-corrected chi connectivity index (χ0v) is 15.8. The average Bonchev–Trinajstić information content (AvgIpc) is 3.27. The van der Waals surface area contributed by atoms with Crippen molar-refractivity contribution in [3.8, 4) is 10.7 Å². The predicted molar refractivity (Wildman–Crippen MR) is 109 cm³/mol. The number of amides is 1. The van der Waals surface area contributed by atoms with Gasteiger partial charge in [-0.15, -0.1) is 11.3 Å². The van der Waals surface area contributed by atoms with Crippen LogP contribution in [0.3, 0.4) is 0 Å². The van der Waals surface area contributed by atoms with Crippen molar-refractivity contribution < 1.29 is 4.79 Å². The van der Waals surface area contributed by atoms with Gasteiger partial charge in [0.1, 0.15) is 5.01 Å². The zero-order valence-electron chi connectivity index (χ0n) is 15.0. The SMILES string of the molecule is Cc1nc(-c2ccccn2)sc1CC(=O)NCCc1c[nH]c2ccccc12. The van der Waals surface area contributed by atoms with Gasteiger partial charge < -0.3 is 10.3 Å². The molecule has 0 aliphatic rings. The maximum absolute atomic E-state index is 12.3. The van der Waals surface area contributed by atoms with Crippen LogP contribution in [0.5, 0.6) is 0 Å². The summed E-state index contributed by atoms with van der Waals surface area (Å²) in [5.74, 6) is 0.0224. The third kappa shape index (κ3) is 3.90. The first-order valence-corrected chi connectivity index (χ1v) is 9.72. The first-order valence-electron chi connectivity index (χ1n) is 8.90. The lowest BCUT2D eigenvalue weighted by Crippen LogP contribution is -2.27. The summed E-state index contributed by atoms with van der Waals surface area (Å²) in [6.07, 6.45) is 4.92. The molecule has 4 aromatic rings. The van der Waals surface area contributed by atoms with Crippen molar-refractivity contribution in [2.24, 2.45) is 0 Å². The number of benzene rings is 1. The van der Waals surface area contributed by atoms with Gasteiger partial charge in [0.15, 0.2) is 0 Å². The summed E-state index contributed by atoms with van der Waals surface area (Å²) in [5, 5.41) is 5.09. The number of hydrogen-bond acceptors (Lipinski definition) is 4. The van der Waals surface area contributed by atoms with Crippen LogP contribution in [0, 0.1) is 6.92 Å². The molecule has 27 heavy (non-hydrogen) atoms. The van der Waals surface area contributed by atoms with Crippen LogP contribution in [0.4, 0.5) is 0 Å². The van der Waals surface area contributed by atoms with E-state index in [9.17, 15) is 4.79 Å².